The van der Waals surface area contributed by atoms with Gasteiger partial charge in [-0.15, -0.1) is 0 Å². The monoisotopic (exact) mass is 241 g/mol. The second kappa shape index (κ2) is 6.84. The largest absolute Gasteiger partial charge is 0.335 e. The Morgan fingerprint density at radius 1 is 1.35 bits per heavy atom. The van der Waals surface area contributed by atoms with Crippen LogP contribution in [-0.2, 0) is 0 Å². The van der Waals surface area contributed by atoms with Crippen molar-refractivity contribution in [3.63, 3.8) is 0 Å². The molecule has 1 aliphatic rings. The predicted molar refractivity (Wildman–Crippen MR) is 70.9 cm³/mol. The standard InChI is InChI=1S/C13H27N3O/c1-3-13(2,9-10-14)16-12(17)15-11-7-5-4-6-8-11/h11H,3-10,14H2,1-2H3,(H2,15,16,17). The highest BCUT2D eigenvalue weighted by Crippen LogP contribution is 2.18. The summed E-state index contributed by atoms with van der Waals surface area (Å²) in [7, 11) is 0. The number of hydrogen-bond donors (Lipinski definition) is 3. The van der Waals surface area contributed by atoms with E-state index in [4.69, 9.17) is 5.73 Å². The van der Waals surface area contributed by atoms with Gasteiger partial charge in [-0.2, -0.15) is 0 Å². The number of urea groups is 1. The number of amides is 2. The Hall–Kier alpha value is -0.770. The van der Waals surface area contributed by atoms with Crippen LogP contribution >= 0.6 is 0 Å². The van der Waals surface area contributed by atoms with Gasteiger partial charge in [0.15, 0.2) is 0 Å². The van der Waals surface area contributed by atoms with E-state index in [1.165, 1.54) is 19.3 Å². The molecule has 17 heavy (non-hydrogen) atoms. The summed E-state index contributed by atoms with van der Waals surface area (Å²) in [6, 6.07) is 0.331. The van der Waals surface area contributed by atoms with Gasteiger partial charge in [-0.1, -0.05) is 26.2 Å². The number of carbonyl (C=O) groups is 1. The molecule has 0 heterocycles. The van der Waals surface area contributed by atoms with Crippen molar-refractivity contribution in [2.24, 2.45) is 5.73 Å². The fourth-order valence-electron chi connectivity index (χ4n) is 2.39. The van der Waals surface area contributed by atoms with E-state index < -0.39 is 0 Å². The summed E-state index contributed by atoms with van der Waals surface area (Å²) in [5.74, 6) is 0. The number of hydrogen-bond acceptors (Lipinski definition) is 2. The van der Waals surface area contributed by atoms with E-state index in [0.29, 0.717) is 12.6 Å². The molecule has 0 aromatic carbocycles. The van der Waals surface area contributed by atoms with Gasteiger partial charge in [0.1, 0.15) is 0 Å². The first-order valence-corrected chi connectivity index (χ1v) is 6.88. The molecule has 1 aliphatic carbocycles. The topological polar surface area (TPSA) is 67.1 Å². The van der Waals surface area contributed by atoms with Crippen molar-refractivity contribution in [3.8, 4) is 0 Å². The Labute approximate surface area is 105 Å². The zero-order chi connectivity index (χ0) is 12.7. The lowest BCUT2D eigenvalue weighted by Gasteiger charge is -2.31. The molecular formula is C13H27N3O. The van der Waals surface area contributed by atoms with Gasteiger partial charge in [0.25, 0.3) is 0 Å². The van der Waals surface area contributed by atoms with E-state index in [0.717, 1.165) is 25.7 Å². The fraction of sp³-hybridized carbons (Fsp3) is 0.923. The first kappa shape index (κ1) is 14.3. The van der Waals surface area contributed by atoms with Crippen LogP contribution in [0, 0.1) is 0 Å². The Bertz CT molecular complexity index is 239. The van der Waals surface area contributed by atoms with Gasteiger partial charge >= 0.3 is 6.03 Å². The third-order valence-corrected chi connectivity index (χ3v) is 3.83. The van der Waals surface area contributed by atoms with Gasteiger partial charge < -0.3 is 16.4 Å². The van der Waals surface area contributed by atoms with Crippen LogP contribution in [0.15, 0.2) is 0 Å². The Morgan fingerprint density at radius 3 is 2.53 bits per heavy atom. The van der Waals surface area contributed by atoms with Crippen molar-refractivity contribution in [2.75, 3.05) is 6.54 Å². The molecule has 0 spiro atoms. The second-order valence-electron chi connectivity index (χ2n) is 5.39. The van der Waals surface area contributed by atoms with Crippen LogP contribution in [0.5, 0.6) is 0 Å². The van der Waals surface area contributed by atoms with Crippen LogP contribution in [0.25, 0.3) is 0 Å². The summed E-state index contributed by atoms with van der Waals surface area (Å²) in [6.45, 7) is 4.74. The Morgan fingerprint density at radius 2 is 2.00 bits per heavy atom. The molecule has 1 saturated carbocycles. The lowest BCUT2D eigenvalue weighted by atomic mass is 9.94. The predicted octanol–water partition coefficient (Wildman–Crippen LogP) is 2.14. The molecule has 100 valence electrons. The molecule has 0 aliphatic heterocycles. The van der Waals surface area contributed by atoms with Gasteiger partial charge in [0.2, 0.25) is 0 Å². The van der Waals surface area contributed by atoms with Crippen LogP contribution in [0.3, 0.4) is 0 Å². The van der Waals surface area contributed by atoms with Crippen molar-refractivity contribution in [1.29, 1.82) is 0 Å². The molecule has 0 aromatic rings. The molecule has 0 aromatic heterocycles. The number of rotatable bonds is 5. The molecule has 2 amide bonds. The summed E-state index contributed by atoms with van der Waals surface area (Å²) in [5.41, 5.74) is 5.41. The summed E-state index contributed by atoms with van der Waals surface area (Å²) in [6.07, 6.45) is 7.74. The molecule has 4 N–H and O–H groups in total. The van der Waals surface area contributed by atoms with E-state index in [9.17, 15) is 4.79 Å². The zero-order valence-electron chi connectivity index (χ0n) is 11.2. The fourth-order valence-corrected chi connectivity index (χ4v) is 2.39. The average Bonchev–Trinajstić information content (AvgIpc) is 2.30. The quantitative estimate of drug-likeness (QED) is 0.690. The van der Waals surface area contributed by atoms with E-state index in [2.05, 4.69) is 24.5 Å². The highest BCUT2D eigenvalue weighted by molar-refractivity contribution is 5.75. The van der Waals surface area contributed by atoms with Crippen molar-refractivity contribution < 1.29 is 4.79 Å². The van der Waals surface area contributed by atoms with Crippen LogP contribution in [0.1, 0.15) is 58.8 Å². The maximum absolute atomic E-state index is 11.9. The minimum Gasteiger partial charge on any atom is -0.335 e. The molecular weight excluding hydrogens is 214 g/mol. The van der Waals surface area contributed by atoms with E-state index in [1.807, 2.05) is 0 Å². The normalized spacial score (nSPS) is 20.6. The molecule has 4 heteroatoms. The van der Waals surface area contributed by atoms with Crippen LogP contribution in [0.4, 0.5) is 4.79 Å². The Balaban J connectivity index is 2.36. The van der Waals surface area contributed by atoms with Crippen LogP contribution in [0.2, 0.25) is 0 Å². The number of carbonyl (C=O) groups excluding carboxylic acids is 1. The van der Waals surface area contributed by atoms with E-state index in [-0.39, 0.29) is 11.6 Å². The molecule has 1 rings (SSSR count). The summed E-state index contributed by atoms with van der Waals surface area (Å²) in [4.78, 5) is 11.9. The SMILES string of the molecule is CCC(C)(CCN)NC(=O)NC1CCCCC1. The molecule has 0 bridgehead atoms. The maximum atomic E-state index is 11.9. The number of nitrogens with one attached hydrogen (secondary N) is 2. The molecule has 4 nitrogen and oxygen atoms in total. The molecule has 0 radical (unpaired) electrons. The van der Waals surface area contributed by atoms with Crippen molar-refractivity contribution in [3.05, 3.63) is 0 Å². The summed E-state index contributed by atoms with van der Waals surface area (Å²) in [5, 5.41) is 6.14. The van der Waals surface area contributed by atoms with E-state index >= 15 is 0 Å². The first-order chi connectivity index (χ1) is 8.09. The number of nitrogens with two attached hydrogens (primary N) is 1. The minimum atomic E-state index is -0.173. The average molecular weight is 241 g/mol. The minimum absolute atomic E-state index is 0.0327. The summed E-state index contributed by atoms with van der Waals surface area (Å²) >= 11 is 0. The Kier molecular flexibility index (Phi) is 5.75. The third-order valence-electron chi connectivity index (χ3n) is 3.83. The van der Waals surface area contributed by atoms with Gasteiger partial charge in [0.05, 0.1) is 0 Å². The van der Waals surface area contributed by atoms with Gasteiger partial charge in [-0.3, -0.25) is 0 Å². The first-order valence-electron chi connectivity index (χ1n) is 6.88. The molecule has 1 atom stereocenters. The van der Waals surface area contributed by atoms with Gasteiger partial charge in [0, 0.05) is 11.6 Å². The van der Waals surface area contributed by atoms with Crippen molar-refractivity contribution in [2.45, 2.75) is 70.4 Å². The summed E-state index contributed by atoms with van der Waals surface area (Å²) < 4.78 is 0. The van der Waals surface area contributed by atoms with Crippen molar-refractivity contribution in [1.82, 2.24) is 10.6 Å². The van der Waals surface area contributed by atoms with Crippen molar-refractivity contribution >= 4 is 6.03 Å². The lowest BCUT2D eigenvalue weighted by Crippen LogP contribution is -2.53. The molecule has 0 saturated heterocycles. The molecule has 1 unspecified atom stereocenters. The van der Waals surface area contributed by atoms with Gasteiger partial charge in [-0.25, -0.2) is 4.79 Å². The van der Waals surface area contributed by atoms with E-state index in [1.54, 1.807) is 0 Å². The van der Waals surface area contributed by atoms with Gasteiger partial charge in [-0.05, 0) is 39.2 Å². The van der Waals surface area contributed by atoms with Crippen LogP contribution < -0.4 is 16.4 Å². The van der Waals surface area contributed by atoms with Crippen LogP contribution in [-0.4, -0.2) is 24.2 Å². The zero-order valence-corrected chi connectivity index (χ0v) is 11.2. The third kappa shape index (κ3) is 4.94. The lowest BCUT2D eigenvalue weighted by molar-refractivity contribution is 0.216. The highest BCUT2D eigenvalue weighted by Gasteiger charge is 2.24. The smallest absolute Gasteiger partial charge is 0.315 e. The molecule has 1 fully saturated rings. The highest BCUT2D eigenvalue weighted by atomic mass is 16.2. The maximum Gasteiger partial charge on any atom is 0.315 e. The second-order valence-corrected chi connectivity index (χ2v) is 5.39.